The maximum Gasteiger partial charge on any atom is 0.0471 e. The molecule has 0 radical (unpaired) electrons. The summed E-state index contributed by atoms with van der Waals surface area (Å²) in [7, 11) is 0. The second kappa shape index (κ2) is 9.94. The second-order valence-corrected chi connectivity index (χ2v) is 14.6. The van der Waals surface area contributed by atoms with Crippen molar-refractivity contribution in [3.8, 4) is 44.5 Å². The van der Waals surface area contributed by atoms with Gasteiger partial charge in [0.15, 0.2) is 0 Å². The molecule has 0 saturated heterocycles. The van der Waals surface area contributed by atoms with Crippen LogP contribution >= 0.6 is 0 Å². The van der Waals surface area contributed by atoms with Gasteiger partial charge < -0.3 is 4.98 Å². The van der Waals surface area contributed by atoms with Crippen molar-refractivity contribution in [1.82, 2.24) is 4.98 Å². The van der Waals surface area contributed by atoms with E-state index < -0.39 is 0 Å². The number of nitrogens with one attached hydrogen (secondary N) is 1. The Morgan fingerprint density at radius 3 is 1.78 bits per heavy atom. The molecule has 1 N–H and O–H groups in total. The third-order valence-electron chi connectivity index (χ3n) is 11.6. The number of aromatic amines is 1. The van der Waals surface area contributed by atoms with Crippen LogP contribution in [0.25, 0.3) is 98.6 Å². The van der Waals surface area contributed by atoms with E-state index in [-0.39, 0.29) is 5.41 Å². The maximum absolute atomic E-state index is 3.68. The van der Waals surface area contributed by atoms with Crippen molar-refractivity contribution < 1.29 is 0 Å². The van der Waals surface area contributed by atoms with Gasteiger partial charge in [-0.2, -0.15) is 0 Å². The molecule has 0 unspecified atom stereocenters. The van der Waals surface area contributed by atoms with E-state index in [9.17, 15) is 0 Å². The summed E-state index contributed by atoms with van der Waals surface area (Å²) in [6.07, 6.45) is 0. The summed E-state index contributed by atoms with van der Waals surface area (Å²) >= 11 is 0. The fourth-order valence-electron chi connectivity index (χ4n) is 9.15. The van der Waals surface area contributed by atoms with Crippen LogP contribution in [0.1, 0.15) is 25.0 Å². The Bertz CT molecular complexity index is 2990. The fourth-order valence-corrected chi connectivity index (χ4v) is 9.15. The molecule has 0 aliphatic heterocycles. The number of hydrogen-bond acceptors (Lipinski definition) is 0. The summed E-state index contributed by atoms with van der Waals surface area (Å²) in [6.45, 7) is 4.74. The van der Waals surface area contributed by atoms with Gasteiger partial charge in [0.1, 0.15) is 0 Å². The number of H-pyrrole nitrogens is 1. The van der Waals surface area contributed by atoms with E-state index in [1.165, 1.54) is 110 Å². The molecule has 1 heteroatoms. The van der Waals surface area contributed by atoms with Gasteiger partial charge in [-0.1, -0.05) is 147 Å². The normalized spacial score (nSPS) is 13.6. The minimum atomic E-state index is -0.0697. The monoisotopic (exact) mass is 635 g/mol. The minimum absolute atomic E-state index is 0.0697. The number of para-hydroxylation sites is 1. The van der Waals surface area contributed by atoms with Crippen LogP contribution in [-0.4, -0.2) is 4.98 Å². The van der Waals surface area contributed by atoms with E-state index in [4.69, 9.17) is 0 Å². The third kappa shape index (κ3) is 3.72. The molecule has 1 heterocycles. The van der Waals surface area contributed by atoms with Gasteiger partial charge >= 0.3 is 0 Å². The summed E-state index contributed by atoms with van der Waals surface area (Å²) in [4.78, 5) is 3.68. The van der Waals surface area contributed by atoms with Crippen LogP contribution < -0.4 is 0 Å². The SMILES string of the molecule is CC1(C)c2ccc(-c3cccc(-c4ccc5ccc6c(-c7ccccc7)ccc7ccc4c5c76)c3)cc2-c2c1ccc1[nH]c3ccccc3c21. The number of aromatic nitrogens is 1. The van der Waals surface area contributed by atoms with Crippen molar-refractivity contribution in [2.24, 2.45) is 0 Å². The Kier molecular flexibility index (Phi) is 5.51. The molecular weight excluding hydrogens is 603 g/mol. The van der Waals surface area contributed by atoms with Crippen molar-refractivity contribution >= 4 is 54.1 Å². The molecule has 0 spiro atoms. The van der Waals surface area contributed by atoms with Gasteiger partial charge in [-0.15, -0.1) is 0 Å². The first-order valence-electron chi connectivity index (χ1n) is 17.6. The van der Waals surface area contributed by atoms with E-state index in [1.54, 1.807) is 0 Å². The molecule has 1 aliphatic rings. The average molecular weight is 636 g/mol. The molecule has 50 heavy (non-hydrogen) atoms. The van der Waals surface area contributed by atoms with Crippen LogP contribution in [0, 0.1) is 0 Å². The summed E-state index contributed by atoms with van der Waals surface area (Å²) in [5.41, 5.74) is 15.4. The molecule has 1 aromatic heterocycles. The summed E-state index contributed by atoms with van der Waals surface area (Å²) in [5, 5.41) is 10.5. The highest BCUT2D eigenvalue weighted by molar-refractivity contribution is 6.27. The largest absolute Gasteiger partial charge is 0.354 e. The van der Waals surface area contributed by atoms with E-state index in [0.717, 1.165) is 0 Å². The lowest BCUT2D eigenvalue weighted by atomic mass is 9.82. The lowest BCUT2D eigenvalue weighted by Gasteiger charge is -2.21. The maximum atomic E-state index is 3.68. The van der Waals surface area contributed by atoms with Crippen LogP contribution in [0.3, 0.4) is 0 Å². The Morgan fingerprint density at radius 1 is 0.380 bits per heavy atom. The van der Waals surface area contributed by atoms with Crippen LogP contribution in [0.5, 0.6) is 0 Å². The summed E-state index contributed by atoms with van der Waals surface area (Å²) < 4.78 is 0. The van der Waals surface area contributed by atoms with Crippen LogP contribution in [0.2, 0.25) is 0 Å². The number of rotatable bonds is 3. The molecule has 9 aromatic carbocycles. The number of benzene rings is 9. The Labute approximate surface area is 290 Å². The molecule has 0 atom stereocenters. The zero-order valence-corrected chi connectivity index (χ0v) is 28.0. The lowest BCUT2D eigenvalue weighted by Crippen LogP contribution is -2.14. The molecule has 0 saturated carbocycles. The summed E-state index contributed by atoms with van der Waals surface area (Å²) in [5.74, 6) is 0. The molecular formula is C49H33N. The molecule has 0 amide bonds. The molecule has 1 nitrogen and oxygen atoms in total. The topological polar surface area (TPSA) is 15.8 Å². The first-order valence-corrected chi connectivity index (χ1v) is 17.6. The number of fused-ring (bicyclic) bond motifs is 7. The highest BCUT2D eigenvalue weighted by Gasteiger charge is 2.37. The van der Waals surface area contributed by atoms with Crippen LogP contribution in [0.4, 0.5) is 0 Å². The van der Waals surface area contributed by atoms with Gasteiger partial charge in [-0.25, -0.2) is 0 Å². The van der Waals surface area contributed by atoms with Crippen molar-refractivity contribution in [3.63, 3.8) is 0 Å². The van der Waals surface area contributed by atoms with Crippen molar-refractivity contribution in [3.05, 3.63) is 169 Å². The van der Waals surface area contributed by atoms with Gasteiger partial charge in [0, 0.05) is 27.2 Å². The predicted molar refractivity (Wildman–Crippen MR) is 213 cm³/mol. The second-order valence-electron chi connectivity index (χ2n) is 14.6. The van der Waals surface area contributed by atoms with E-state index in [0.29, 0.717) is 0 Å². The molecule has 1 aliphatic carbocycles. The molecule has 0 bridgehead atoms. The highest BCUT2D eigenvalue weighted by atomic mass is 14.7. The zero-order chi connectivity index (χ0) is 33.1. The first-order chi connectivity index (χ1) is 24.5. The Balaban J connectivity index is 1.09. The predicted octanol–water partition coefficient (Wildman–Crippen LogP) is 13.5. The van der Waals surface area contributed by atoms with Gasteiger partial charge in [0.25, 0.3) is 0 Å². The molecule has 0 fully saturated rings. The van der Waals surface area contributed by atoms with Crippen LogP contribution in [-0.2, 0) is 5.41 Å². The van der Waals surface area contributed by atoms with E-state index in [1.807, 2.05) is 0 Å². The lowest BCUT2D eigenvalue weighted by molar-refractivity contribution is 0.661. The van der Waals surface area contributed by atoms with Crippen molar-refractivity contribution in [2.45, 2.75) is 19.3 Å². The summed E-state index contributed by atoms with van der Waals surface area (Å²) in [6, 6.07) is 58.8. The highest BCUT2D eigenvalue weighted by Crippen LogP contribution is 2.53. The number of hydrogen-bond donors (Lipinski definition) is 1. The van der Waals surface area contributed by atoms with Gasteiger partial charge in [-0.05, 0) is 112 Å². The van der Waals surface area contributed by atoms with Gasteiger partial charge in [-0.3, -0.25) is 0 Å². The van der Waals surface area contributed by atoms with Crippen molar-refractivity contribution in [1.29, 1.82) is 0 Å². The Morgan fingerprint density at radius 2 is 1.00 bits per heavy atom. The molecule has 11 rings (SSSR count). The average Bonchev–Trinajstić information content (AvgIpc) is 3.65. The first kappa shape index (κ1) is 27.7. The third-order valence-corrected chi connectivity index (χ3v) is 11.6. The minimum Gasteiger partial charge on any atom is -0.354 e. The zero-order valence-electron chi connectivity index (χ0n) is 28.0. The van der Waals surface area contributed by atoms with Gasteiger partial charge in [0.2, 0.25) is 0 Å². The molecule has 234 valence electrons. The van der Waals surface area contributed by atoms with Gasteiger partial charge in [0.05, 0.1) is 0 Å². The standard InChI is InChI=1S/C49H33N/c1-49(2)41-24-19-33(28-40(41)47-42(49)25-26-44-48(47)39-13-6-7-14-43(39)50-44)32-11-8-12-34(27-32)36-21-16-31-17-22-37-35(29-9-4-3-5-10-29)20-15-30-18-23-38(36)46(31)45(30)37/h3-28,50H,1-2H3. The van der Waals surface area contributed by atoms with Crippen molar-refractivity contribution in [2.75, 3.05) is 0 Å². The molecule has 10 aromatic rings. The fraction of sp³-hybridized carbons (Fsp3) is 0.0612. The van der Waals surface area contributed by atoms with E-state index in [2.05, 4.69) is 177 Å². The van der Waals surface area contributed by atoms with E-state index >= 15 is 0 Å². The Hall–Kier alpha value is -6.18. The quantitative estimate of drug-likeness (QED) is 0.186. The van der Waals surface area contributed by atoms with Crippen LogP contribution in [0.15, 0.2) is 158 Å². The smallest absolute Gasteiger partial charge is 0.0471 e.